The summed E-state index contributed by atoms with van der Waals surface area (Å²) >= 11 is 0. The van der Waals surface area contributed by atoms with Gasteiger partial charge in [-0.2, -0.15) is 0 Å². The maximum absolute atomic E-state index is 12.6. The van der Waals surface area contributed by atoms with Crippen molar-refractivity contribution >= 4 is 23.9 Å². The summed E-state index contributed by atoms with van der Waals surface area (Å²) in [7, 11) is 0. The van der Waals surface area contributed by atoms with Gasteiger partial charge in [-0.05, 0) is 72.6 Å². The minimum absolute atomic E-state index is 0.169. The van der Waals surface area contributed by atoms with Crippen molar-refractivity contribution < 1.29 is 38.9 Å². The fraction of sp³-hybridized carbons (Fsp3) is 0.667. The van der Waals surface area contributed by atoms with Crippen molar-refractivity contribution in [1.29, 1.82) is 0 Å². The molecule has 0 N–H and O–H groups in total. The Labute approximate surface area is 339 Å². The summed E-state index contributed by atoms with van der Waals surface area (Å²) in [5.74, 6) is -2.21. The first-order valence-electron chi connectivity index (χ1n) is 22.0. The molecule has 2 aromatic rings. The van der Waals surface area contributed by atoms with Crippen molar-refractivity contribution in [1.82, 2.24) is 0 Å². The lowest BCUT2D eigenvalue weighted by atomic mass is 9.82. The van der Waals surface area contributed by atoms with Crippen LogP contribution in [0.4, 0.5) is 0 Å². The number of hydrogen-bond donors (Lipinski definition) is 0. The molecule has 8 nitrogen and oxygen atoms in total. The number of hydrogen-bond acceptors (Lipinski definition) is 8. The van der Waals surface area contributed by atoms with Crippen LogP contribution < -0.4 is 10.2 Å². The second-order valence-corrected chi connectivity index (χ2v) is 15.5. The van der Waals surface area contributed by atoms with Crippen LogP contribution in [-0.4, -0.2) is 37.1 Å². The van der Waals surface area contributed by atoms with Gasteiger partial charge in [0.2, 0.25) is 0 Å². The molecule has 4 atom stereocenters. The molecule has 0 aliphatic heterocycles. The smallest absolute Gasteiger partial charge is 0.339 e. The summed E-state index contributed by atoms with van der Waals surface area (Å²) in [6, 6.07) is 9.96. The minimum Gasteiger partial charge on any atom is -0.545 e. The van der Waals surface area contributed by atoms with Gasteiger partial charge in [-0.3, -0.25) is 0 Å². The molecule has 8 heteroatoms. The lowest BCUT2D eigenvalue weighted by Gasteiger charge is -2.25. The largest absolute Gasteiger partial charge is 0.545 e. The van der Waals surface area contributed by atoms with Gasteiger partial charge in [-0.15, -0.1) is 0 Å². The normalized spacial score (nSPS) is 13.1. The molecule has 316 valence electrons. The van der Waals surface area contributed by atoms with E-state index in [-0.39, 0.29) is 11.1 Å². The molecule has 4 unspecified atom stereocenters. The van der Waals surface area contributed by atoms with E-state index in [0.717, 1.165) is 115 Å². The van der Waals surface area contributed by atoms with Crippen LogP contribution in [0.15, 0.2) is 36.4 Å². The second kappa shape index (κ2) is 29.5. The first-order valence-corrected chi connectivity index (χ1v) is 22.0. The summed E-state index contributed by atoms with van der Waals surface area (Å²) < 4.78 is 11.0. The van der Waals surface area contributed by atoms with Gasteiger partial charge >= 0.3 is 11.9 Å². The van der Waals surface area contributed by atoms with Crippen molar-refractivity contribution in [3.63, 3.8) is 0 Å². The standard InChI is InChI=1S/2C24H38O4/c1-5-9-13-19(7-3)17-27-23(25)21-15-11-12-16-22(21)24(26)28-18-20(8-4)14-10-6-2;1-5-9-11-17(7-3)15-19-13-14-20(23(25)26)22(24(27)28)21(19)16-18(8-4)12-10-6-2/h11-12,15-16,19-20H,5-10,13-14,17-18H2,1-4H3;13-14,17-18H,5-12,15-16H2,1-4H3,(H,25,26)(H,27,28)/p-2. The zero-order valence-corrected chi connectivity index (χ0v) is 36.2. The molecule has 0 amide bonds. The molecule has 0 aliphatic carbocycles. The Morgan fingerprint density at radius 3 is 1.25 bits per heavy atom. The highest BCUT2D eigenvalue weighted by atomic mass is 16.5. The Morgan fingerprint density at radius 2 is 0.893 bits per heavy atom. The average Bonchev–Trinajstić information content (AvgIpc) is 3.20. The topological polar surface area (TPSA) is 133 Å². The van der Waals surface area contributed by atoms with Gasteiger partial charge in [0.05, 0.1) is 36.3 Å². The fourth-order valence-electron chi connectivity index (χ4n) is 7.18. The van der Waals surface area contributed by atoms with Crippen LogP contribution in [0.5, 0.6) is 0 Å². The summed E-state index contributed by atoms with van der Waals surface area (Å²) in [5.41, 5.74) is 1.77. The zero-order chi connectivity index (χ0) is 41.9. The van der Waals surface area contributed by atoms with Crippen LogP contribution in [0.3, 0.4) is 0 Å². The van der Waals surface area contributed by atoms with E-state index in [1.807, 2.05) is 0 Å². The van der Waals surface area contributed by atoms with E-state index in [1.165, 1.54) is 6.07 Å². The minimum atomic E-state index is -1.45. The van der Waals surface area contributed by atoms with Crippen LogP contribution in [0.1, 0.15) is 211 Å². The molecule has 0 aliphatic rings. The predicted octanol–water partition coefficient (Wildman–Crippen LogP) is 10.4. The third-order valence-electron chi connectivity index (χ3n) is 11.3. The number of rotatable bonds is 28. The Morgan fingerprint density at radius 1 is 0.500 bits per heavy atom. The number of carbonyl (C=O) groups is 4. The Bertz CT molecular complexity index is 1380. The molecule has 0 radical (unpaired) electrons. The highest BCUT2D eigenvalue weighted by Crippen LogP contribution is 2.30. The van der Waals surface area contributed by atoms with Crippen molar-refractivity contribution in [2.75, 3.05) is 13.2 Å². The molecule has 0 heterocycles. The van der Waals surface area contributed by atoms with Crippen LogP contribution in [0, 0.1) is 23.7 Å². The quantitative estimate of drug-likeness (QED) is 0.0780. The Balaban J connectivity index is 0.000000560. The molecule has 0 aromatic heterocycles. The first kappa shape index (κ1) is 50.3. The van der Waals surface area contributed by atoms with E-state index in [9.17, 15) is 29.4 Å². The summed E-state index contributed by atoms with van der Waals surface area (Å²) in [6.45, 7) is 17.9. The predicted molar refractivity (Wildman–Crippen MR) is 223 cm³/mol. The summed E-state index contributed by atoms with van der Waals surface area (Å²) in [6.07, 6.45) is 18.5. The van der Waals surface area contributed by atoms with Crippen LogP contribution in [-0.2, 0) is 22.3 Å². The molecule has 0 spiro atoms. The van der Waals surface area contributed by atoms with Crippen LogP contribution >= 0.6 is 0 Å². The maximum atomic E-state index is 12.6. The van der Waals surface area contributed by atoms with Gasteiger partial charge in [-0.25, -0.2) is 9.59 Å². The van der Waals surface area contributed by atoms with Crippen molar-refractivity contribution in [2.45, 2.75) is 171 Å². The first-order chi connectivity index (χ1) is 27.0. The number of carboxylic acids is 2. The SMILES string of the molecule is CCCCC(CC)COC(=O)c1ccccc1C(=O)OCC(CC)CCCC.CCCCC(CC)Cc1ccc(C(=O)[O-])c(C(=O)[O-])c1CC(CC)CCCC. The van der Waals surface area contributed by atoms with Gasteiger partial charge < -0.3 is 29.3 Å². The Kier molecular flexibility index (Phi) is 26.6. The third-order valence-corrected chi connectivity index (χ3v) is 11.3. The second-order valence-electron chi connectivity index (χ2n) is 15.5. The summed E-state index contributed by atoms with van der Waals surface area (Å²) in [4.78, 5) is 48.6. The van der Waals surface area contributed by atoms with Gasteiger partial charge in [0.25, 0.3) is 0 Å². The van der Waals surface area contributed by atoms with E-state index in [2.05, 4.69) is 55.4 Å². The Hall–Kier alpha value is -3.68. The van der Waals surface area contributed by atoms with Crippen molar-refractivity contribution in [3.8, 4) is 0 Å². The van der Waals surface area contributed by atoms with E-state index in [1.54, 1.807) is 30.3 Å². The molecule has 0 saturated carbocycles. The van der Waals surface area contributed by atoms with Gasteiger partial charge in [0.15, 0.2) is 0 Å². The van der Waals surface area contributed by atoms with Crippen LogP contribution in [0.2, 0.25) is 0 Å². The molecule has 2 rings (SSSR count). The van der Waals surface area contributed by atoms with Crippen molar-refractivity contribution in [2.24, 2.45) is 23.7 Å². The number of benzene rings is 2. The monoisotopic (exact) mass is 779 g/mol. The van der Waals surface area contributed by atoms with E-state index in [4.69, 9.17) is 9.47 Å². The maximum Gasteiger partial charge on any atom is 0.339 e. The molecular weight excluding hydrogens is 705 g/mol. The fourth-order valence-corrected chi connectivity index (χ4v) is 7.18. The van der Waals surface area contributed by atoms with E-state index in [0.29, 0.717) is 60.0 Å². The molecule has 0 bridgehead atoms. The molecule has 2 aromatic carbocycles. The lowest BCUT2D eigenvalue weighted by Crippen LogP contribution is -2.32. The number of esters is 2. The van der Waals surface area contributed by atoms with E-state index < -0.39 is 23.9 Å². The molecule has 56 heavy (non-hydrogen) atoms. The highest BCUT2D eigenvalue weighted by Gasteiger charge is 2.22. The molecule has 0 saturated heterocycles. The number of ether oxygens (including phenoxy) is 2. The molecule has 0 fully saturated rings. The lowest BCUT2D eigenvalue weighted by molar-refractivity contribution is -0.259. The van der Waals surface area contributed by atoms with E-state index >= 15 is 0 Å². The number of carbonyl (C=O) groups excluding carboxylic acids is 4. The average molecular weight is 779 g/mol. The van der Waals surface area contributed by atoms with Gasteiger partial charge in [0, 0.05) is 11.1 Å². The van der Waals surface area contributed by atoms with Crippen molar-refractivity contribution in [3.05, 3.63) is 69.8 Å². The number of aromatic carboxylic acids is 2. The van der Waals surface area contributed by atoms with Crippen LogP contribution in [0.25, 0.3) is 0 Å². The zero-order valence-electron chi connectivity index (χ0n) is 36.2. The number of carboxylic acid groups (broad SMARTS) is 2. The van der Waals surface area contributed by atoms with Gasteiger partial charge in [0.1, 0.15) is 0 Å². The summed E-state index contributed by atoms with van der Waals surface area (Å²) in [5, 5.41) is 23.4. The third kappa shape index (κ3) is 18.1. The number of unbranched alkanes of at least 4 members (excludes halogenated alkanes) is 4. The molecular formula is C48H74O8-2. The van der Waals surface area contributed by atoms with Gasteiger partial charge in [-0.1, -0.05) is 170 Å². The highest BCUT2D eigenvalue weighted by molar-refractivity contribution is 6.03.